The molecule has 0 radical (unpaired) electrons. The molecule has 3 unspecified atom stereocenters. The number of rotatable bonds is 9. The average molecular weight is 377 g/mol. The van der Waals surface area contributed by atoms with Gasteiger partial charge < -0.3 is 24.4 Å². The quantitative estimate of drug-likeness (QED) is 0.364. The van der Waals surface area contributed by atoms with Gasteiger partial charge in [0.1, 0.15) is 6.61 Å². The molecule has 146 valence electrons. The number of aliphatic hydroxyl groups is 1. The van der Waals surface area contributed by atoms with E-state index in [1.54, 1.807) is 0 Å². The molecule has 1 fully saturated rings. The maximum Gasteiger partial charge on any atom is 0.409 e. The van der Waals surface area contributed by atoms with E-state index < -0.39 is 6.09 Å². The van der Waals surface area contributed by atoms with E-state index in [1.807, 2.05) is 9.47 Å². The number of hydrogen-bond acceptors (Lipinski definition) is 6. The molecule has 1 aliphatic rings. The average Bonchev–Trinajstić information content (AvgIpc) is 2.50. The fraction of sp³-hybridized carbons (Fsp3) is 0.882. The molecule has 1 rings (SSSR count). The molecular weight excluding hydrogens is 345 g/mol. The number of hydrogen-bond donors (Lipinski definition) is 2. The summed E-state index contributed by atoms with van der Waals surface area (Å²) < 4.78 is 14.8. The second kappa shape index (κ2) is 10.3. The molecular formula is C17H32NO6P. The van der Waals surface area contributed by atoms with E-state index in [2.05, 4.69) is 30.6 Å². The van der Waals surface area contributed by atoms with Gasteiger partial charge in [-0.15, -0.1) is 0 Å². The predicted molar refractivity (Wildman–Crippen MR) is 96.9 cm³/mol. The smallest absolute Gasteiger partial charge is 0.409 e. The lowest BCUT2D eigenvalue weighted by molar-refractivity contribution is -0.147. The molecule has 3 atom stereocenters. The van der Waals surface area contributed by atoms with Gasteiger partial charge in [0.05, 0.1) is 29.3 Å². The summed E-state index contributed by atoms with van der Waals surface area (Å²) in [5.41, 5.74) is 0.00449. The molecule has 0 heterocycles. The van der Waals surface area contributed by atoms with Crippen LogP contribution in [0, 0.1) is 16.7 Å². The molecule has 0 spiro atoms. The van der Waals surface area contributed by atoms with Crippen molar-refractivity contribution >= 4 is 21.5 Å². The van der Waals surface area contributed by atoms with Gasteiger partial charge in [-0.2, -0.15) is 0 Å². The van der Waals surface area contributed by atoms with Gasteiger partial charge in [0, 0.05) is 13.0 Å². The van der Waals surface area contributed by atoms with Gasteiger partial charge in [-0.05, 0) is 36.0 Å². The van der Waals surface area contributed by atoms with Crippen molar-refractivity contribution in [2.24, 2.45) is 16.7 Å². The first-order valence-corrected chi connectivity index (χ1v) is 9.16. The molecule has 0 saturated heterocycles. The largest absolute Gasteiger partial charge is 0.463 e. The number of esters is 1. The summed E-state index contributed by atoms with van der Waals surface area (Å²) in [5, 5.41) is 11.4. The van der Waals surface area contributed by atoms with Gasteiger partial charge in [-0.25, -0.2) is 4.79 Å². The molecule has 0 aromatic rings. The van der Waals surface area contributed by atoms with Crippen LogP contribution in [0.3, 0.4) is 0 Å². The Morgan fingerprint density at radius 3 is 2.56 bits per heavy atom. The highest BCUT2D eigenvalue weighted by Gasteiger charge is 2.42. The Hall–Kier alpha value is -0.910. The summed E-state index contributed by atoms with van der Waals surface area (Å²) in [6.07, 6.45) is 2.68. The third kappa shape index (κ3) is 8.84. The van der Waals surface area contributed by atoms with Crippen molar-refractivity contribution in [3.8, 4) is 0 Å². The van der Waals surface area contributed by atoms with Crippen LogP contribution in [0.25, 0.3) is 0 Å². The van der Waals surface area contributed by atoms with Crippen molar-refractivity contribution < 1.29 is 28.7 Å². The SMILES string of the molecule is CC1(C)CC(CC(=O)OCCOCCO)CC(C)(CNC(=O)OP)C1. The Morgan fingerprint density at radius 1 is 1.20 bits per heavy atom. The lowest BCUT2D eigenvalue weighted by Gasteiger charge is -2.46. The molecule has 1 amide bonds. The normalized spacial score (nSPS) is 25.2. The topological polar surface area (TPSA) is 94.1 Å². The van der Waals surface area contributed by atoms with Crippen LogP contribution in [0.2, 0.25) is 0 Å². The number of carbonyl (C=O) groups excluding carboxylic acids is 2. The Kier molecular flexibility index (Phi) is 9.11. The predicted octanol–water partition coefficient (Wildman–Crippen LogP) is 2.28. The minimum Gasteiger partial charge on any atom is -0.463 e. The Balaban J connectivity index is 2.49. The highest BCUT2D eigenvalue weighted by molar-refractivity contribution is 7.10. The van der Waals surface area contributed by atoms with Crippen LogP contribution >= 0.6 is 9.47 Å². The van der Waals surface area contributed by atoms with Gasteiger partial charge in [0.25, 0.3) is 0 Å². The minimum atomic E-state index is -0.464. The molecule has 0 aromatic carbocycles. The summed E-state index contributed by atoms with van der Waals surface area (Å²) in [7, 11) is 1.94. The van der Waals surface area contributed by atoms with E-state index in [-0.39, 0.29) is 42.5 Å². The number of nitrogens with one attached hydrogen (secondary N) is 1. The fourth-order valence-electron chi connectivity index (χ4n) is 4.13. The van der Waals surface area contributed by atoms with Gasteiger partial charge >= 0.3 is 12.1 Å². The van der Waals surface area contributed by atoms with Gasteiger partial charge in [-0.3, -0.25) is 4.79 Å². The maximum absolute atomic E-state index is 12.1. The van der Waals surface area contributed by atoms with E-state index in [9.17, 15) is 9.59 Å². The highest BCUT2D eigenvalue weighted by atomic mass is 31.0. The van der Waals surface area contributed by atoms with Crippen LogP contribution in [-0.4, -0.2) is 50.1 Å². The third-order valence-corrected chi connectivity index (χ3v) is 4.69. The summed E-state index contributed by atoms with van der Waals surface area (Å²) >= 11 is 0. The zero-order valence-corrected chi connectivity index (χ0v) is 16.7. The zero-order valence-electron chi connectivity index (χ0n) is 15.5. The van der Waals surface area contributed by atoms with E-state index in [0.717, 1.165) is 19.3 Å². The van der Waals surface area contributed by atoms with Crippen LogP contribution in [0.15, 0.2) is 0 Å². The van der Waals surface area contributed by atoms with Crippen LogP contribution in [0.5, 0.6) is 0 Å². The lowest BCUT2D eigenvalue weighted by Crippen LogP contribution is -2.43. The number of amides is 1. The second-order valence-electron chi connectivity index (χ2n) is 7.95. The first-order chi connectivity index (χ1) is 11.7. The Bertz CT molecular complexity index is 445. The first kappa shape index (κ1) is 22.1. The molecule has 0 aromatic heterocycles. The summed E-state index contributed by atoms with van der Waals surface area (Å²) in [4.78, 5) is 23.4. The summed E-state index contributed by atoms with van der Waals surface area (Å²) in [6, 6.07) is 0. The number of ether oxygens (including phenoxy) is 2. The molecule has 1 aliphatic carbocycles. The molecule has 2 N–H and O–H groups in total. The van der Waals surface area contributed by atoms with Crippen LogP contribution in [0.1, 0.15) is 46.5 Å². The molecule has 7 nitrogen and oxygen atoms in total. The minimum absolute atomic E-state index is 0.0397. The maximum atomic E-state index is 12.1. The van der Waals surface area contributed by atoms with Gasteiger partial charge in [0.2, 0.25) is 0 Å². The molecule has 25 heavy (non-hydrogen) atoms. The van der Waals surface area contributed by atoms with Crippen molar-refractivity contribution in [2.75, 3.05) is 33.0 Å². The van der Waals surface area contributed by atoms with Crippen molar-refractivity contribution in [2.45, 2.75) is 46.5 Å². The van der Waals surface area contributed by atoms with Crippen LogP contribution in [-0.2, 0) is 18.8 Å². The Labute approximate surface area is 152 Å². The Morgan fingerprint density at radius 2 is 1.92 bits per heavy atom. The van der Waals surface area contributed by atoms with Crippen molar-refractivity contribution in [1.29, 1.82) is 0 Å². The lowest BCUT2D eigenvalue weighted by atomic mass is 9.60. The molecule has 0 aliphatic heterocycles. The van der Waals surface area contributed by atoms with Crippen molar-refractivity contribution in [3.63, 3.8) is 0 Å². The standard InChI is InChI=1S/C17H32NO6P/c1-16(2)9-13(8-14(20)23-7-6-22-5-4-19)10-17(3,11-16)12-18-15(21)24-25/h13,19H,4-12,25H2,1-3H3,(H,18,21). The van der Waals surface area contributed by atoms with E-state index in [4.69, 9.17) is 14.6 Å². The number of carbonyl (C=O) groups is 2. The monoisotopic (exact) mass is 377 g/mol. The van der Waals surface area contributed by atoms with Crippen LogP contribution < -0.4 is 5.32 Å². The first-order valence-electron chi connectivity index (χ1n) is 8.68. The number of aliphatic hydroxyl groups excluding tert-OH is 1. The van der Waals surface area contributed by atoms with Gasteiger partial charge in [0.15, 0.2) is 0 Å². The third-order valence-electron chi connectivity index (χ3n) is 4.48. The highest BCUT2D eigenvalue weighted by Crippen LogP contribution is 2.49. The van der Waals surface area contributed by atoms with Crippen molar-refractivity contribution in [3.05, 3.63) is 0 Å². The summed E-state index contributed by atoms with van der Waals surface area (Å²) in [5.74, 6) is -0.0107. The summed E-state index contributed by atoms with van der Waals surface area (Å²) in [6.45, 7) is 7.75. The van der Waals surface area contributed by atoms with Crippen LogP contribution in [0.4, 0.5) is 4.79 Å². The molecule has 0 bridgehead atoms. The molecule has 1 saturated carbocycles. The van der Waals surface area contributed by atoms with Crippen molar-refractivity contribution in [1.82, 2.24) is 5.32 Å². The zero-order chi connectivity index (χ0) is 18.9. The van der Waals surface area contributed by atoms with Gasteiger partial charge in [-0.1, -0.05) is 20.8 Å². The second-order valence-corrected chi connectivity index (χ2v) is 8.18. The fourth-order valence-corrected chi connectivity index (χ4v) is 4.22. The molecule has 8 heteroatoms. The van der Waals surface area contributed by atoms with E-state index >= 15 is 0 Å². The van der Waals surface area contributed by atoms with E-state index in [0.29, 0.717) is 19.6 Å². The van der Waals surface area contributed by atoms with E-state index in [1.165, 1.54) is 0 Å².